The monoisotopic (exact) mass is 242 g/mol. The molecule has 0 bridgehead atoms. The molecule has 0 saturated heterocycles. The maximum absolute atomic E-state index is 9.54. The van der Waals surface area contributed by atoms with E-state index in [0.717, 1.165) is 21.2 Å². The Kier molecular flexibility index (Phi) is 5.23. The minimum absolute atomic E-state index is 0.411. The molecule has 0 fully saturated rings. The second-order valence-electron chi connectivity index (χ2n) is 3.25. The number of thioether (sulfide) groups is 1. The molecule has 1 atom stereocenters. The zero-order valence-corrected chi connectivity index (χ0v) is 10.5. The van der Waals surface area contributed by atoms with Crippen LogP contribution in [0.15, 0.2) is 40.1 Å². The van der Waals surface area contributed by atoms with Crippen LogP contribution >= 0.6 is 23.4 Å². The SMILES string of the molecule is CC/C=C(/Sc1ccc(Cl)cc1)C(C)O. The number of rotatable bonds is 4. The van der Waals surface area contributed by atoms with Crippen LogP contribution in [0.2, 0.25) is 5.02 Å². The van der Waals surface area contributed by atoms with Gasteiger partial charge < -0.3 is 5.11 Å². The van der Waals surface area contributed by atoms with Crippen LogP contribution in [0, 0.1) is 0 Å². The van der Waals surface area contributed by atoms with Crippen LogP contribution in [0.5, 0.6) is 0 Å². The van der Waals surface area contributed by atoms with E-state index in [1.165, 1.54) is 0 Å². The van der Waals surface area contributed by atoms with Crippen LogP contribution in [-0.4, -0.2) is 11.2 Å². The van der Waals surface area contributed by atoms with E-state index in [4.69, 9.17) is 11.6 Å². The second-order valence-corrected chi connectivity index (χ2v) is 4.83. The van der Waals surface area contributed by atoms with Gasteiger partial charge in [-0.15, -0.1) is 0 Å². The van der Waals surface area contributed by atoms with Gasteiger partial charge in [0.1, 0.15) is 0 Å². The molecule has 1 rings (SSSR count). The first-order valence-electron chi connectivity index (χ1n) is 4.95. The maximum atomic E-state index is 9.54. The average molecular weight is 243 g/mol. The van der Waals surface area contributed by atoms with Gasteiger partial charge in [-0.25, -0.2) is 0 Å². The fraction of sp³-hybridized carbons (Fsp3) is 0.333. The molecule has 1 aromatic carbocycles. The molecule has 0 aliphatic rings. The lowest BCUT2D eigenvalue weighted by atomic mass is 10.3. The van der Waals surface area contributed by atoms with Gasteiger partial charge in [0, 0.05) is 14.8 Å². The van der Waals surface area contributed by atoms with Crippen molar-refractivity contribution >= 4 is 23.4 Å². The lowest BCUT2D eigenvalue weighted by Crippen LogP contribution is -2.00. The smallest absolute Gasteiger partial charge is 0.0820 e. The Bertz CT molecular complexity index is 330. The molecular weight excluding hydrogens is 228 g/mol. The third-order valence-corrected chi connectivity index (χ3v) is 3.37. The standard InChI is InChI=1S/C12H15ClOS/c1-3-4-12(9(2)14)15-11-7-5-10(13)6-8-11/h4-9,14H,3H2,1-2H3/b12-4+. The Balaban J connectivity index is 2.75. The molecule has 15 heavy (non-hydrogen) atoms. The average Bonchev–Trinajstić information content (AvgIpc) is 2.20. The van der Waals surface area contributed by atoms with Gasteiger partial charge in [-0.3, -0.25) is 0 Å². The Morgan fingerprint density at radius 3 is 2.53 bits per heavy atom. The van der Waals surface area contributed by atoms with E-state index in [1.807, 2.05) is 30.3 Å². The van der Waals surface area contributed by atoms with Gasteiger partial charge in [-0.1, -0.05) is 36.4 Å². The van der Waals surface area contributed by atoms with Gasteiger partial charge in [-0.05, 0) is 37.6 Å². The highest BCUT2D eigenvalue weighted by Gasteiger charge is 2.06. The minimum atomic E-state index is -0.411. The molecule has 0 saturated carbocycles. The summed E-state index contributed by atoms with van der Waals surface area (Å²) in [6.07, 6.45) is 2.57. The van der Waals surface area contributed by atoms with Gasteiger partial charge in [0.05, 0.1) is 6.10 Å². The predicted molar refractivity (Wildman–Crippen MR) is 67.4 cm³/mol. The largest absolute Gasteiger partial charge is 0.388 e. The van der Waals surface area contributed by atoms with Crippen molar-refractivity contribution in [2.45, 2.75) is 31.3 Å². The Morgan fingerprint density at radius 2 is 2.07 bits per heavy atom. The van der Waals surface area contributed by atoms with E-state index in [2.05, 4.69) is 6.92 Å². The molecule has 0 aromatic heterocycles. The van der Waals surface area contributed by atoms with Crippen molar-refractivity contribution in [3.8, 4) is 0 Å². The number of allylic oxidation sites excluding steroid dienone is 1. The summed E-state index contributed by atoms with van der Waals surface area (Å²) in [4.78, 5) is 2.08. The van der Waals surface area contributed by atoms with Gasteiger partial charge in [0.2, 0.25) is 0 Å². The van der Waals surface area contributed by atoms with Crippen molar-refractivity contribution in [2.24, 2.45) is 0 Å². The summed E-state index contributed by atoms with van der Waals surface area (Å²) in [7, 11) is 0. The van der Waals surface area contributed by atoms with Gasteiger partial charge >= 0.3 is 0 Å². The molecule has 82 valence electrons. The number of halogens is 1. The lowest BCUT2D eigenvalue weighted by Gasteiger charge is -2.09. The van der Waals surface area contributed by atoms with E-state index in [1.54, 1.807) is 18.7 Å². The normalized spacial score (nSPS) is 14.0. The first-order chi connectivity index (χ1) is 7.13. The van der Waals surface area contributed by atoms with Gasteiger partial charge in [0.15, 0.2) is 0 Å². The van der Waals surface area contributed by atoms with Crippen LogP contribution in [0.1, 0.15) is 20.3 Å². The first-order valence-corrected chi connectivity index (χ1v) is 6.14. The molecule has 3 heteroatoms. The molecule has 1 aromatic rings. The molecular formula is C12H15ClOS. The van der Waals surface area contributed by atoms with Crippen molar-refractivity contribution in [3.63, 3.8) is 0 Å². The van der Waals surface area contributed by atoms with Gasteiger partial charge in [0.25, 0.3) is 0 Å². The van der Waals surface area contributed by atoms with Crippen LogP contribution < -0.4 is 0 Å². The summed E-state index contributed by atoms with van der Waals surface area (Å²) in [5, 5.41) is 10.3. The number of aliphatic hydroxyl groups excluding tert-OH is 1. The molecule has 0 radical (unpaired) electrons. The third-order valence-electron chi connectivity index (χ3n) is 1.87. The number of aliphatic hydroxyl groups is 1. The van der Waals surface area contributed by atoms with Crippen molar-refractivity contribution in [2.75, 3.05) is 0 Å². The highest BCUT2D eigenvalue weighted by atomic mass is 35.5. The molecule has 1 nitrogen and oxygen atoms in total. The van der Waals surface area contributed by atoms with Crippen LogP contribution in [-0.2, 0) is 0 Å². The molecule has 0 aliphatic carbocycles. The van der Waals surface area contributed by atoms with Gasteiger partial charge in [-0.2, -0.15) is 0 Å². The van der Waals surface area contributed by atoms with Crippen molar-refractivity contribution in [1.82, 2.24) is 0 Å². The van der Waals surface area contributed by atoms with E-state index in [0.29, 0.717) is 0 Å². The summed E-state index contributed by atoms with van der Waals surface area (Å²) < 4.78 is 0. The molecule has 0 spiro atoms. The number of hydrogen-bond donors (Lipinski definition) is 1. The third kappa shape index (κ3) is 4.29. The highest BCUT2D eigenvalue weighted by Crippen LogP contribution is 2.29. The summed E-state index contributed by atoms with van der Waals surface area (Å²) in [6, 6.07) is 7.63. The van der Waals surface area contributed by atoms with Crippen molar-refractivity contribution in [1.29, 1.82) is 0 Å². The van der Waals surface area contributed by atoms with Crippen molar-refractivity contribution in [3.05, 3.63) is 40.3 Å². The topological polar surface area (TPSA) is 20.2 Å². The Hall–Kier alpha value is -0.440. The lowest BCUT2D eigenvalue weighted by molar-refractivity contribution is 0.240. The summed E-state index contributed by atoms with van der Waals surface area (Å²) in [5.41, 5.74) is 0. The van der Waals surface area contributed by atoms with E-state index >= 15 is 0 Å². The molecule has 1 unspecified atom stereocenters. The Labute approximate surface area is 100 Å². The fourth-order valence-corrected chi connectivity index (χ4v) is 2.23. The van der Waals surface area contributed by atoms with Crippen LogP contribution in [0.4, 0.5) is 0 Å². The highest BCUT2D eigenvalue weighted by molar-refractivity contribution is 8.03. The maximum Gasteiger partial charge on any atom is 0.0820 e. The zero-order chi connectivity index (χ0) is 11.3. The van der Waals surface area contributed by atoms with E-state index in [9.17, 15) is 5.11 Å². The molecule has 1 N–H and O–H groups in total. The minimum Gasteiger partial charge on any atom is -0.388 e. The van der Waals surface area contributed by atoms with Crippen molar-refractivity contribution < 1.29 is 5.11 Å². The second kappa shape index (κ2) is 6.21. The molecule has 0 aliphatic heterocycles. The van der Waals surface area contributed by atoms with E-state index < -0.39 is 6.10 Å². The number of hydrogen-bond acceptors (Lipinski definition) is 2. The van der Waals surface area contributed by atoms with E-state index in [-0.39, 0.29) is 0 Å². The number of benzene rings is 1. The molecule has 0 amide bonds. The van der Waals surface area contributed by atoms with Crippen LogP contribution in [0.3, 0.4) is 0 Å². The quantitative estimate of drug-likeness (QED) is 0.802. The zero-order valence-electron chi connectivity index (χ0n) is 8.90. The summed E-state index contributed by atoms with van der Waals surface area (Å²) >= 11 is 7.38. The fourth-order valence-electron chi connectivity index (χ4n) is 1.14. The predicted octanol–water partition coefficient (Wildman–Crippen LogP) is 4.11. The van der Waals surface area contributed by atoms with Crippen LogP contribution in [0.25, 0.3) is 0 Å². The molecule has 0 heterocycles. The Morgan fingerprint density at radius 1 is 1.47 bits per heavy atom. The summed E-state index contributed by atoms with van der Waals surface area (Å²) in [6.45, 7) is 3.84. The first kappa shape index (κ1) is 12.6. The summed E-state index contributed by atoms with van der Waals surface area (Å²) in [5.74, 6) is 0.